The number of esters is 1. The molecule has 1 atom stereocenters. The molecule has 11 nitrogen and oxygen atoms in total. The Morgan fingerprint density at radius 3 is 2.48 bits per heavy atom. The fourth-order valence-electron chi connectivity index (χ4n) is 4.45. The number of allylic oxidation sites excluding steroid dienone is 1. The van der Waals surface area contributed by atoms with Crippen molar-refractivity contribution in [1.82, 2.24) is 4.57 Å². The minimum atomic E-state index is -0.896. The summed E-state index contributed by atoms with van der Waals surface area (Å²) in [5, 5.41) is 11.9. The van der Waals surface area contributed by atoms with Crippen LogP contribution in [0.15, 0.2) is 57.5 Å². The summed E-state index contributed by atoms with van der Waals surface area (Å²) in [6, 6.07) is 8.95. The van der Waals surface area contributed by atoms with Gasteiger partial charge in [0.2, 0.25) is 0 Å². The predicted molar refractivity (Wildman–Crippen MR) is 149 cm³/mol. The SMILES string of the molecule is CCOC(=O)C1=C(C)N=c2s/c(=C/c3cc(OC)c(OC)cc3[N+](=O)[O-])c(=O)n2[C@@H]1c1ccccc1OC(C)C. The largest absolute Gasteiger partial charge is 0.493 e. The first kappa shape index (κ1) is 28.6. The van der Waals surface area contributed by atoms with Gasteiger partial charge in [0.25, 0.3) is 11.2 Å². The molecular weight excluding hydrogens is 538 g/mol. The number of benzene rings is 2. The van der Waals surface area contributed by atoms with Crippen LogP contribution in [0.25, 0.3) is 6.08 Å². The third kappa shape index (κ3) is 5.34. The van der Waals surface area contributed by atoms with Crippen LogP contribution in [0.2, 0.25) is 0 Å². The molecule has 0 amide bonds. The first-order valence-electron chi connectivity index (χ1n) is 12.5. The van der Waals surface area contributed by atoms with Crippen molar-refractivity contribution in [3.63, 3.8) is 0 Å². The predicted octanol–water partition coefficient (Wildman–Crippen LogP) is 3.51. The molecule has 0 unspecified atom stereocenters. The van der Waals surface area contributed by atoms with Crippen LogP contribution in [0, 0.1) is 10.1 Å². The van der Waals surface area contributed by atoms with Crippen LogP contribution in [-0.4, -0.2) is 42.4 Å². The fraction of sp³-hybridized carbons (Fsp3) is 0.321. The molecule has 210 valence electrons. The molecule has 1 aliphatic heterocycles. The Morgan fingerprint density at radius 2 is 1.85 bits per heavy atom. The molecule has 0 saturated heterocycles. The van der Waals surface area contributed by atoms with Gasteiger partial charge in [0.05, 0.1) is 59.3 Å². The minimum absolute atomic E-state index is 0.139. The van der Waals surface area contributed by atoms with Gasteiger partial charge in [-0.3, -0.25) is 19.5 Å². The number of fused-ring (bicyclic) bond motifs is 1. The van der Waals surface area contributed by atoms with E-state index >= 15 is 0 Å². The highest BCUT2D eigenvalue weighted by molar-refractivity contribution is 7.07. The number of ether oxygens (including phenoxy) is 4. The van der Waals surface area contributed by atoms with Gasteiger partial charge in [0, 0.05) is 5.56 Å². The number of hydrogen-bond donors (Lipinski definition) is 0. The lowest BCUT2D eigenvalue weighted by molar-refractivity contribution is -0.385. The highest BCUT2D eigenvalue weighted by Gasteiger charge is 2.35. The lowest BCUT2D eigenvalue weighted by Gasteiger charge is -2.26. The second-order valence-corrected chi connectivity index (χ2v) is 10.0. The van der Waals surface area contributed by atoms with Crippen molar-refractivity contribution in [3.05, 3.63) is 88.6 Å². The molecule has 0 fully saturated rings. The van der Waals surface area contributed by atoms with Crippen LogP contribution in [0.4, 0.5) is 5.69 Å². The van der Waals surface area contributed by atoms with Crippen LogP contribution < -0.4 is 29.1 Å². The summed E-state index contributed by atoms with van der Waals surface area (Å²) in [5.74, 6) is 0.358. The number of thiazole rings is 1. The second kappa shape index (κ2) is 11.7. The molecule has 3 aromatic rings. The first-order chi connectivity index (χ1) is 19.1. The van der Waals surface area contributed by atoms with E-state index in [1.54, 1.807) is 32.0 Å². The Balaban J connectivity index is 2.02. The average molecular weight is 568 g/mol. The molecule has 0 bridgehead atoms. The van der Waals surface area contributed by atoms with E-state index in [1.165, 1.54) is 37.0 Å². The summed E-state index contributed by atoms with van der Waals surface area (Å²) in [6.07, 6.45) is 1.25. The number of carbonyl (C=O) groups excluding carboxylic acids is 1. The van der Waals surface area contributed by atoms with Gasteiger partial charge < -0.3 is 18.9 Å². The van der Waals surface area contributed by atoms with Crippen molar-refractivity contribution in [2.24, 2.45) is 4.99 Å². The molecule has 0 aliphatic carbocycles. The van der Waals surface area contributed by atoms with Crippen LogP contribution >= 0.6 is 11.3 Å². The molecular formula is C28H29N3O8S. The maximum Gasteiger partial charge on any atom is 0.338 e. The third-order valence-corrected chi connectivity index (χ3v) is 7.09. The number of nitro groups is 1. The molecule has 12 heteroatoms. The van der Waals surface area contributed by atoms with Crippen LogP contribution in [0.3, 0.4) is 0 Å². The van der Waals surface area contributed by atoms with E-state index in [9.17, 15) is 19.7 Å². The summed E-state index contributed by atoms with van der Waals surface area (Å²) in [4.78, 5) is 43.4. The summed E-state index contributed by atoms with van der Waals surface area (Å²) >= 11 is 1.06. The molecule has 2 heterocycles. The molecule has 4 rings (SSSR count). The van der Waals surface area contributed by atoms with Crippen molar-refractivity contribution in [3.8, 4) is 17.2 Å². The lowest BCUT2D eigenvalue weighted by atomic mass is 9.95. The number of methoxy groups -OCH3 is 2. The lowest BCUT2D eigenvalue weighted by Crippen LogP contribution is -2.40. The Labute approximate surface area is 233 Å². The maximum atomic E-state index is 14.0. The summed E-state index contributed by atoms with van der Waals surface area (Å²) in [5.41, 5.74) is 0.587. The third-order valence-electron chi connectivity index (χ3n) is 6.11. The van der Waals surface area contributed by atoms with Crippen molar-refractivity contribution in [2.45, 2.75) is 39.8 Å². The molecule has 1 aromatic heterocycles. The standard InChI is InChI=1S/C28H29N3O8S/c1-7-38-27(33)24-16(4)29-28-30(25(24)18-10-8-9-11-20(18)39-15(2)3)26(32)23(40-28)13-17-12-21(36-5)22(37-6)14-19(17)31(34)35/h8-15,25H,7H2,1-6H3/b23-13+/t25-/m1/s1. The van der Waals surface area contributed by atoms with E-state index in [0.717, 1.165) is 11.3 Å². The van der Waals surface area contributed by atoms with E-state index in [0.29, 0.717) is 21.8 Å². The molecule has 0 spiro atoms. The van der Waals surface area contributed by atoms with Gasteiger partial charge in [-0.05, 0) is 45.9 Å². The Bertz CT molecular complexity index is 1690. The Hall–Kier alpha value is -4.45. The monoisotopic (exact) mass is 567 g/mol. The highest BCUT2D eigenvalue weighted by atomic mass is 32.1. The topological polar surface area (TPSA) is 131 Å². The van der Waals surface area contributed by atoms with Crippen molar-refractivity contribution >= 4 is 29.1 Å². The van der Waals surface area contributed by atoms with E-state index in [4.69, 9.17) is 18.9 Å². The van der Waals surface area contributed by atoms with Crippen LogP contribution in [0.1, 0.15) is 44.9 Å². The van der Waals surface area contributed by atoms with Gasteiger partial charge >= 0.3 is 5.97 Å². The van der Waals surface area contributed by atoms with E-state index in [1.807, 2.05) is 19.9 Å². The maximum absolute atomic E-state index is 14.0. The Morgan fingerprint density at radius 1 is 1.18 bits per heavy atom. The summed E-state index contributed by atoms with van der Waals surface area (Å²) in [6.45, 7) is 7.28. The number of carbonyl (C=O) groups is 1. The van der Waals surface area contributed by atoms with Crippen LogP contribution in [0.5, 0.6) is 17.2 Å². The number of hydrogen-bond acceptors (Lipinski definition) is 10. The number of nitro benzene ring substituents is 1. The molecule has 1 aliphatic rings. The van der Waals surface area contributed by atoms with Crippen molar-refractivity contribution in [2.75, 3.05) is 20.8 Å². The van der Waals surface area contributed by atoms with E-state index in [-0.39, 0.29) is 45.6 Å². The molecule has 2 aromatic carbocycles. The van der Waals surface area contributed by atoms with Gasteiger partial charge in [0.1, 0.15) is 11.8 Å². The minimum Gasteiger partial charge on any atom is -0.493 e. The number of rotatable bonds is 9. The summed E-state index contributed by atoms with van der Waals surface area (Å²) < 4.78 is 23.5. The van der Waals surface area contributed by atoms with Gasteiger partial charge in [-0.1, -0.05) is 29.5 Å². The zero-order valence-corrected chi connectivity index (χ0v) is 23.7. The molecule has 0 N–H and O–H groups in total. The average Bonchev–Trinajstić information content (AvgIpc) is 3.21. The van der Waals surface area contributed by atoms with Crippen molar-refractivity contribution < 1.29 is 28.7 Å². The number of aromatic nitrogens is 1. The van der Waals surface area contributed by atoms with Crippen molar-refractivity contribution in [1.29, 1.82) is 0 Å². The van der Waals surface area contributed by atoms with Gasteiger partial charge in [-0.2, -0.15) is 0 Å². The van der Waals surface area contributed by atoms with E-state index in [2.05, 4.69) is 4.99 Å². The fourth-order valence-corrected chi connectivity index (χ4v) is 5.49. The van der Waals surface area contributed by atoms with Crippen LogP contribution in [-0.2, 0) is 9.53 Å². The molecule has 0 radical (unpaired) electrons. The normalized spacial score (nSPS) is 15.0. The first-order valence-corrected chi connectivity index (χ1v) is 13.3. The molecule has 40 heavy (non-hydrogen) atoms. The Kier molecular flexibility index (Phi) is 8.38. The summed E-state index contributed by atoms with van der Waals surface area (Å²) in [7, 11) is 2.79. The van der Waals surface area contributed by atoms with E-state index < -0.39 is 22.5 Å². The van der Waals surface area contributed by atoms with Gasteiger partial charge in [0.15, 0.2) is 16.3 Å². The van der Waals surface area contributed by atoms with Gasteiger partial charge in [-0.25, -0.2) is 9.79 Å². The molecule has 0 saturated carbocycles. The smallest absolute Gasteiger partial charge is 0.338 e. The number of para-hydroxylation sites is 1. The van der Waals surface area contributed by atoms with Gasteiger partial charge in [-0.15, -0.1) is 0 Å². The number of nitrogens with zero attached hydrogens (tertiary/aromatic N) is 3. The highest BCUT2D eigenvalue weighted by Crippen LogP contribution is 2.37. The zero-order chi connectivity index (χ0) is 29.1. The zero-order valence-electron chi connectivity index (χ0n) is 22.9. The second-order valence-electron chi connectivity index (χ2n) is 9.03. The quantitative estimate of drug-likeness (QED) is 0.218.